The van der Waals surface area contributed by atoms with E-state index >= 15 is 0 Å². The SMILES string of the molecule is CCNC(=NCCCN1CCCC(C(N)=O)C1)NC(C)c1ccc(Cl)cc1Cl. The van der Waals surface area contributed by atoms with Gasteiger partial charge in [0.05, 0.1) is 12.0 Å². The van der Waals surface area contributed by atoms with Crippen LogP contribution >= 0.6 is 23.2 Å². The summed E-state index contributed by atoms with van der Waals surface area (Å²) < 4.78 is 0. The number of amides is 1. The molecule has 28 heavy (non-hydrogen) atoms. The van der Waals surface area contributed by atoms with Gasteiger partial charge in [0.15, 0.2) is 5.96 Å². The van der Waals surface area contributed by atoms with E-state index in [-0.39, 0.29) is 17.9 Å². The number of primary amides is 1. The number of guanidine groups is 1. The monoisotopic (exact) mass is 427 g/mol. The van der Waals surface area contributed by atoms with Crippen LogP contribution in [0.2, 0.25) is 10.0 Å². The number of hydrogen-bond acceptors (Lipinski definition) is 3. The van der Waals surface area contributed by atoms with Crippen molar-refractivity contribution in [3.8, 4) is 0 Å². The van der Waals surface area contributed by atoms with Crippen LogP contribution < -0.4 is 16.4 Å². The summed E-state index contributed by atoms with van der Waals surface area (Å²) in [5, 5.41) is 7.92. The third kappa shape index (κ3) is 7.15. The van der Waals surface area contributed by atoms with Crippen molar-refractivity contribution in [1.82, 2.24) is 15.5 Å². The normalized spacial score (nSPS) is 19.3. The highest BCUT2D eigenvalue weighted by Crippen LogP contribution is 2.26. The standard InChI is InChI=1S/C20H31Cl2N5O/c1-3-24-20(26-14(2)17-8-7-16(21)12-18(17)22)25-9-5-11-27-10-4-6-15(13-27)19(23)28/h7-8,12,14-15H,3-6,9-11,13H2,1-2H3,(H2,23,28)(H2,24,25,26). The molecule has 0 spiro atoms. The second-order valence-corrected chi connectivity index (χ2v) is 8.03. The summed E-state index contributed by atoms with van der Waals surface area (Å²) >= 11 is 12.3. The molecule has 4 N–H and O–H groups in total. The molecule has 1 aliphatic rings. The first-order chi connectivity index (χ1) is 13.4. The largest absolute Gasteiger partial charge is 0.369 e. The number of piperidine rings is 1. The number of hydrogen-bond donors (Lipinski definition) is 3. The van der Waals surface area contributed by atoms with Crippen molar-refractivity contribution in [2.45, 2.75) is 39.2 Å². The van der Waals surface area contributed by atoms with E-state index in [2.05, 4.69) is 20.5 Å². The van der Waals surface area contributed by atoms with E-state index in [0.29, 0.717) is 16.6 Å². The smallest absolute Gasteiger partial charge is 0.221 e. The number of benzene rings is 1. The van der Waals surface area contributed by atoms with Gasteiger partial charge in [-0.15, -0.1) is 0 Å². The van der Waals surface area contributed by atoms with E-state index in [9.17, 15) is 4.79 Å². The van der Waals surface area contributed by atoms with Crippen LogP contribution in [0.1, 0.15) is 44.7 Å². The quantitative estimate of drug-likeness (QED) is 0.337. The van der Waals surface area contributed by atoms with Crippen molar-refractivity contribution < 1.29 is 4.79 Å². The van der Waals surface area contributed by atoms with Gasteiger partial charge in [-0.05, 0) is 63.9 Å². The highest BCUT2D eigenvalue weighted by atomic mass is 35.5. The molecule has 0 aromatic heterocycles. The summed E-state index contributed by atoms with van der Waals surface area (Å²) in [5.74, 6) is 0.562. The Balaban J connectivity index is 1.85. The van der Waals surface area contributed by atoms with Crippen molar-refractivity contribution in [3.05, 3.63) is 33.8 Å². The van der Waals surface area contributed by atoms with Gasteiger partial charge in [0.25, 0.3) is 0 Å². The van der Waals surface area contributed by atoms with Crippen molar-refractivity contribution in [2.75, 3.05) is 32.7 Å². The van der Waals surface area contributed by atoms with Gasteiger partial charge < -0.3 is 21.3 Å². The fourth-order valence-corrected chi connectivity index (χ4v) is 4.00. The predicted molar refractivity (Wildman–Crippen MR) is 117 cm³/mol. The van der Waals surface area contributed by atoms with Crippen LogP contribution in [-0.4, -0.2) is 49.5 Å². The molecule has 6 nitrogen and oxygen atoms in total. The number of likely N-dealkylation sites (tertiary alicyclic amines) is 1. The Morgan fingerprint density at radius 3 is 2.89 bits per heavy atom. The molecule has 1 saturated heterocycles. The third-order valence-electron chi connectivity index (χ3n) is 4.94. The van der Waals surface area contributed by atoms with Gasteiger partial charge in [0, 0.05) is 29.7 Å². The first kappa shape index (κ1) is 22.8. The molecule has 1 heterocycles. The van der Waals surface area contributed by atoms with Crippen LogP contribution in [0.3, 0.4) is 0 Å². The van der Waals surface area contributed by atoms with Crippen molar-refractivity contribution in [3.63, 3.8) is 0 Å². The molecule has 8 heteroatoms. The Kier molecular flexibility index (Phi) is 9.35. The zero-order chi connectivity index (χ0) is 20.5. The third-order valence-corrected chi connectivity index (χ3v) is 5.50. The number of carbonyl (C=O) groups excluding carboxylic acids is 1. The molecule has 1 aliphatic heterocycles. The number of halogens is 2. The summed E-state index contributed by atoms with van der Waals surface area (Å²) in [6.45, 7) is 8.27. The molecule has 0 radical (unpaired) electrons. The van der Waals surface area contributed by atoms with Gasteiger partial charge in [0.1, 0.15) is 0 Å². The molecular weight excluding hydrogens is 397 g/mol. The maximum atomic E-state index is 11.4. The minimum absolute atomic E-state index is 0.000913. The molecule has 0 aliphatic carbocycles. The highest BCUT2D eigenvalue weighted by molar-refractivity contribution is 6.35. The van der Waals surface area contributed by atoms with E-state index in [1.807, 2.05) is 26.0 Å². The first-order valence-corrected chi connectivity index (χ1v) is 10.7. The predicted octanol–water partition coefficient (Wildman–Crippen LogP) is 3.20. The van der Waals surface area contributed by atoms with Crippen LogP contribution in [-0.2, 0) is 4.79 Å². The fraction of sp³-hybridized carbons (Fsp3) is 0.600. The molecule has 2 rings (SSSR count). The molecule has 0 saturated carbocycles. The van der Waals surface area contributed by atoms with E-state index in [0.717, 1.165) is 57.0 Å². The lowest BCUT2D eigenvalue weighted by Crippen LogP contribution is -2.41. The van der Waals surface area contributed by atoms with E-state index < -0.39 is 0 Å². The van der Waals surface area contributed by atoms with Crippen LogP contribution in [0.15, 0.2) is 23.2 Å². The second kappa shape index (κ2) is 11.5. The Labute approximate surface area is 177 Å². The van der Waals surface area contributed by atoms with Gasteiger partial charge >= 0.3 is 0 Å². The lowest BCUT2D eigenvalue weighted by Gasteiger charge is -2.30. The minimum atomic E-state index is -0.184. The lowest BCUT2D eigenvalue weighted by atomic mass is 9.97. The van der Waals surface area contributed by atoms with Gasteiger partial charge in [-0.1, -0.05) is 29.3 Å². The number of nitrogens with zero attached hydrogens (tertiary/aromatic N) is 2. The summed E-state index contributed by atoms with van der Waals surface area (Å²) in [4.78, 5) is 18.4. The van der Waals surface area contributed by atoms with E-state index in [4.69, 9.17) is 28.9 Å². The van der Waals surface area contributed by atoms with E-state index in [1.165, 1.54) is 0 Å². The average molecular weight is 428 g/mol. The number of aliphatic imine (C=N–C) groups is 1. The topological polar surface area (TPSA) is 82.8 Å². The molecule has 1 amide bonds. The van der Waals surface area contributed by atoms with E-state index in [1.54, 1.807) is 6.07 Å². The Morgan fingerprint density at radius 1 is 1.43 bits per heavy atom. The number of rotatable bonds is 8. The van der Waals surface area contributed by atoms with Crippen LogP contribution in [0.4, 0.5) is 0 Å². The van der Waals surface area contributed by atoms with Gasteiger partial charge in [-0.2, -0.15) is 0 Å². The minimum Gasteiger partial charge on any atom is -0.369 e. The summed E-state index contributed by atoms with van der Waals surface area (Å²) in [6.07, 6.45) is 2.86. The summed E-state index contributed by atoms with van der Waals surface area (Å²) in [5.41, 5.74) is 6.42. The lowest BCUT2D eigenvalue weighted by molar-refractivity contribution is -0.123. The average Bonchev–Trinajstić information content (AvgIpc) is 2.65. The molecule has 0 bridgehead atoms. The van der Waals surface area contributed by atoms with Gasteiger partial charge in [-0.25, -0.2) is 0 Å². The molecule has 2 unspecified atom stereocenters. The molecule has 1 aromatic carbocycles. The highest BCUT2D eigenvalue weighted by Gasteiger charge is 2.23. The van der Waals surface area contributed by atoms with Crippen LogP contribution in [0.5, 0.6) is 0 Å². The van der Waals surface area contributed by atoms with Crippen LogP contribution in [0.25, 0.3) is 0 Å². The Bertz CT molecular complexity index is 683. The zero-order valence-electron chi connectivity index (χ0n) is 16.7. The van der Waals surface area contributed by atoms with Crippen LogP contribution in [0, 0.1) is 5.92 Å². The molecule has 1 fully saturated rings. The first-order valence-electron chi connectivity index (χ1n) is 9.92. The zero-order valence-corrected chi connectivity index (χ0v) is 18.2. The van der Waals surface area contributed by atoms with Gasteiger partial charge in [0.2, 0.25) is 5.91 Å². The maximum Gasteiger partial charge on any atom is 0.221 e. The Morgan fingerprint density at radius 2 is 2.21 bits per heavy atom. The molecular formula is C20H31Cl2N5O. The second-order valence-electron chi connectivity index (χ2n) is 7.19. The number of nitrogens with two attached hydrogens (primary N) is 1. The number of carbonyl (C=O) groups is 1. The number of nitrogens with one attached hydrogen (secondary N) is 2. The fourth-order valence-electron chi connectivity index (χ4n) is 3.43. The van der Waals surface area contributed by atoms with Gasteiger partial charge in [-0.3, -0.25) is 9.79 Å². The summed E-state index contributed by atoms with van der Waals surface area (Å²) in [6, 6.07) is 5.51. The summed E-state index contributed by atoms with van der Waals surface area (Å²) in [7, 11) is 0. The molecule has 156 valence electrons. The van der Waals surface area contributed by atoms with Crippen molar-refractivity contribution in [1.29, 1.82) is 0 Å². The van der Waals surface area contributed by atoms with Crippen molar-refractivity contribution in [2.24, 2.45) is 16.6 Å². The Hall–Kier alpha value is -1.50. The molecule has 2 atom stereocenters. The maximum absolute atomic E-state index is 11.4. The van der Waals surface area contributed by atoms with Crippen molar-refractivity contribution >= 4 is 35.1 Å². The molecule has 1 aromatic rings.